The number of amides is 1. The van der Waals surface area contributed by atoms with E-state index in [0.29, 0.717) is 6.54 Å². The number of aliphatic hydroxyl groups is 1. The quantitative estimate of drug-likeness (QED) is 0.621. The normalized spacial score (nSPS) is 12.2. The summed E-state index contributed by atoms with van der Waals surface area (Å²) in [5.74, 6) is -0.0178. The molecular formula is C9H17NO2. The Hall–Kier alpha value is -0.830. The summed E-state index contributed by atoms with van der Waals surface area (Å²) in [6, 6.07) is -0.0690. The van der Waals surface area contributed by atoms with E-state index < -0.39 is 0 Å². The molecular weight excluding hydrogens is 154 g/mol. The molecule has 1 atom stereocenters. The lowest BCUT2D eigenvalue weighted by atomic mass is 10.2. The molecule has 3 nitrogen and oxygen atoms in total. The molecule has 0 heterocycles. The van der Waals surface area contributed by atoms with Crippen LogP contribution in [0.15, 0.2) is 12.7 Å². The van der Waals surface area contributed by atoms with E-state index in [-0.39, 0.29) is 18.6 Å². The van der Waals surface area contributed by atoms with E-state index in [1.54, 1.807) is 11.0 Å². The van der Waals surface area contributed by atoms with Gasteiger partial charge in [0.25, 0.3) is 0 Å². The van der Waals surface area contributed by atoms with Crippen LogP contribution in [0.4, 0.5) is 0 Å². The Kier molecular flexibility index (Phi) is 5.37. The molecule has 0 spiro atoms. The first-order valence-electron chi connectivity index (χ1n) is 4.16. The lowest BCUT2D eigenvalue weighted by Crippen LogP contribution is -2.40. The monoisotopic (exact) mass is 171 g/mol. The fourth-order valence-electron chi connectivity index (χ4n) is 1.12. The number of rotatable bonds is 5. The number of hydrogen-bond acceptors (Lipinski definition) is 2. The van der Waals surface area contributed by atoms with E-state index >= 15 is 0 Å². The fraction of sp³-hybridized carbons (Fsp3) is 0.667. The lowest BCUT2D eigenvalue weighted by molar-refractivity contribution is -0.131. The van der Waals surface area contributed by atoms with Crippen molar-refractivity contribution in [3.63, 3.8) is 0 Å². The molecule has 0 aromatic carbocycles. The van der Waals surface area contributed by atoms with Gasteiger partial charge in [-0.15, -0.1) is 6.58 Å². The van der Waals surface area contributed by atoms with Crippen LogP contribution in [0.2, 0.25) is 0 Å². The van der Waals surface area contributed by atoms with Gasteiger partial charge >= 0.3 is 0 Å². The third kappa shape index (κ3) is 3.05. The Balaban J connectivity index is 4.24. The van der Waals surface area contributed by atoms with Crippen LogP contribution in [0, 0.1) is 0 Å². The molecule has 3 heteroatoms. The van der Waals surface area contributed by atoms with Crippen molar-refractivity contribution in [1.29, 1.82) is 0 Å². The zero-order valence-electron chi connectivity index (χ0n) is 7.79. The molecule has 1 N–H and O–H groups in total. The molecule has 0 aliphatic heterocycles. The molecule has 0 unspecified atom stereocenters. The predicted molar refractivity (Wildman–Crippen MR) is 48.7 cm³/mol. The predicted octanol–water partition coefficient (Wildman–Crippen LogP) is 0.792. The van der Waals surface area contributed by atoms with Crippen molar-refractivity contribution in [3.05, 3.63) is 12.7 Å². The average Bonchev–Trinajstić information content (AvgIpc) is 2.05. The van der Waals surface area contributed by atoms with Crippen LogP contribution in [0.25, 0.3) is 0 Å². The summed E-state index contributed by atoms with van der Waals surface area (Å²) in [5.41, 5.74) is 0. The van der Waals surface area contributed by atoms with E-state index in [1.165, 1.54) is 6.92 Å². The van der Waals surface area contributed by atoms with Crippen molar-refractivity contribution in [2.75, 3.05) is 13.2 Å². The van der Waals surface area contributed by atoms with Gasteiger partial charge in [0.15, 0.2) is 0 Å². The highest BCUT2D eigenvalue weighted by atomic mass is 16.3. The first kappa shape index (κ1) is 11.2. The van der Waals surface area contributed by atoms with Gasteiger partial charge in [0.2, 0.25) is 5.91 Å². The van der Waals surface area contributed by atoms with Crippen LogP contribution in [-0.4, -0.2) is 35.1 Å². The molecule has 0 saturated heterocycles. The van der Waals surface area contributed by atoms with E-state index in [9.17, 15) is 4.79 Å². The van der Waals surface area contributed by atoms with Gasteiger partial charge in [0, 0.05) is 13.5 Å². The molecule has 0 aliphatic rings. The van der Waals surface area contributed by atoms with Crippen molar-refractivity contribution in [3.8, 4) is 0 Å². The standard InChI is InChI=1S/C9H17NO2/c1-4-6-10(8(3)12)9(5-2)7-11/h4,9,11H,1,5-7H2,2-3H3/t9-/m0/s1. The highest BCUT2D eigenvalue weighted by Crippen LogP contribution is 2.03. The topological polar surface area (TPSA) is 40.5 Å². The summed E-state index contributed by atoms with van der Waals surface area (Å²) in [4.78, 5) is 12.7. The minimum Gasteiger partial charge on any atom is -0.394 e. The van der Waals surface area contributed by atoms with Crippen LogP contribution in [-0.2, 0) is 4.79 Å². The number of carbonyl (C=O) groups excluding carboxylic acids is 1. The molecule has 0 rings (SSSR count). The van der Waals surface area contributed by atoms with Gasteiger partial charge in [-0.3, -0.25) is 4.79 Å². The van der Waals surface area contributed by atoms with Crippen LogP contribution < -0.4 is 0 Å². The van der Waals surface area contributed by atoms with Gasteiger partial charge in [-0.25, -0.2) is 0 Å². The SMILES string of the molecule is C=CCN(C(C)=O)[C@@H](CC)CO. The van der Waals surface area contributed by atoms with Gasteiger partial charge in [0.05, 0.1) is 12.6 Å². The Morgan fingerprint density at radius 2 is 2.33 bits per heavy atom. The summed E-state index contributed by atoms with van der Waals surface area (Å²) < 4.78 is 0. The summed E-state index contributed by atoms with van der Waals surface area (Å²) in [6.45, 7) is 7.53. The molecule has 0 saturated carbocycles. The van der Waals surface area contributed by atoms with Crippen LogP contribution in [0.1, 0.15) is 20.3 Å². The van der Waals surface area contributed by atoms with Crippen molar-refractivity contribution in [2.45, 2.75) is 26.3 Å². The maximum atomic E-state index is 11.1. The number of aliphatic hydroxyl groups excluding tert-OH is 1. The fourth-order valence-corrected chi connectivity index (χ4v) is 1.12. The summed E-state index contributed by atoms with van der Waals surface area (Å²) in [5, 5.41) is 8.94. The number of hydrogen-bond donors (Lipinski definition) is 1. The number of carbonyl (C=O) groups is 1. The maximum Gasteiger partial charge on any atom is 0.220 e. The Morgan fingerprint density at radius 3 is 2.58 bits per heavy atom. The third-order valence-electron chi connectivity index (χ3n) is 1.85. The third-order valence-corrected chi connectivity index (χ3v) is 1.85. The molecule has 0 aromatic heterocycles. The highest BCUT2D eigenvalue weighted by Gasteiger charge is 2.16. The van der Waals surface area contributed by atoms with Gasteiger partial charge in [0.1, 0.15) is 0 Å². The van der Waals surface area contributed by atoms with E-state index in [4.69, 9.17) is 5.11 Å². The van der Waals surface area contributed by atoms with Crippen LogP contribution in [0.5, 0.6) is 0 Å². The molecule has 70 valence electrons. The minimum atomic E-state index is -0.0690. The van der Waals surface area contributed by atoms with Crippen molar-refractivity contribution < 1.29 is 9.90 Å². The maximum absolute atomic E-state index is 11.1. The molecule has 0 aromatic rings. The Morgan fingerprint density at radius 1 is 1.75 bits per heavy atom. The second-order valence-electron chi connectivity index (χ2n) is 2.70. The highest BCUT2D eigenvalue weighted by molar-refractivity contribution is 5.73. The second-order valence-corrected chi connectivity index (χ2v) is 2.70. The summed E-state index contributed by atoms with van der Waals surface area (Å²) in [7, 11) is 0. The minimum absolute atomic E-state index is 0.0178. The van der Waals surface area contributed by atoms with Gasteiger partial charge in [-0.2, -0.15) is 0 Å². The smallest absolute Gasteiger partial charge is 0.220 e. The largest absolute Gasteiger partial charge is 0.394 e. The first-order chi connectivity index (χ1) is 5.67. The Labute approximate surface area is 73.7 Å². The molecule has 0 radical (unpaired) electrons. The van der Waals surface area contributed by atoms with Crippen LogP contribution in [0.3, 0.4) is 0 Å². The zero-order chi connectivity index (χ0) is 9.56. The van der Waals surface area contributed by atoms with Crippen molar-refractivity contribution >= 4 is 5.91 Å². The van der Waals surface area contributed by atoms with E-state index in [1.807, 2.05) is 6.92 Å². The van der Waals surface area contributed by atoms with E-state index in [2.05, 4.69) is 6.58 Å². The van der Waals surface area contributed by atoms with Crippen molar-refractivity contribution in [1.82, 2.24) is 4.90 Å². The molecule has 0 aliphatic carbocycles. The molecule has 0 fully saturated rings. The van der Waals surface area contributed by atoms with Gasteiger partial charge < -0.3 is 10.0 Å². The lowest BCUT2D eigenvalue weighted by Gasteiger charge is -2.27. The van der Waals surface area contributed by atoms with Crippen molar-refractivity contribution in [2.24, 2.45) is 0 Å². The molecule has 1 amide bonds. The average molecular weight is 171 g/mol. The zero-order valence-corrected chi connectivity index (χ0v) is 7.79. The van der Waals surface area contributed by atoms with Gasteiger partial charge in [-0.05, 0) is 6.42 Å². The second kappa shape index (κ2) is 5.77. The molecule has 0 bridgehead atoms. The van der Waals surface area contributed by atoms with E-state index in [0.717, 1.165) is 6.42 Å². The summed E-state index contributed by atoms with van der Waals surface area (Å²) in [6.07, 6.45) is 2.43. The van der Waals surface area contributed by atoms with Gasteiger partial charge in [-0.1, -0.05) is 13.0 Å². The molecule has 12 heavy (non-hydrogen) atoms. The Bertz CT molecular complexity index is 153. The number of nitrogens with zero attached hydrogens (tertiary/aromatic N) is 1. The van der Waals surface area contributed by atoms with Crippen LogP contribution >= 0.6 is 0 Å². The summed E-state index contributed by atoms with van der Waals surface area (Å²) >= 11 is 0. The first-order valence-corrected chi connectivity index (χ1v) is 4.16.